The van der Waals surface area contributed by atoms with Crippen molar-refractivity contribution in [1.82, 2.24) is 0 Å². The van der Waals surface area contributed by atoms with E-state index in [0.717, 1.165) is 19.4 Å². The molecule has 27 heavy (non-hydrogen) atoms. The van der Waals surface area contributed by atoms with Gasteiger partial charge in [0.05, 0.1) is 19.1 Å². The molecule has 0 bridgehead atoms. The molecule has 0 aliphatic rings. The quantitative estimate of drug-likeness (QED) is 0.129. The third-order valence-electron chi connectivity index (χ3n) is 4.48. The molecule has 0 aromatic carbocycles. The molecule has 0 saturated heterocycles. The van der Waals surface area contributed by atoms with Crippen molar-refractivity contribution in [3.05, 3.63) is 25.7 Å². The SMILES string of the molecule is C=COC(=O)CCCCCCCCCCCCCCCCC.C=COCC. The van der Waals surface area contributed by atoms with Crippen LogP contribution in [-0.2, 0) is 14.3 Å². The van der Waals surface area contributed by atoms with Gasteiger partial charge >= 0.3 is 5.97 Å². The van der Waals surface area contributed by atoms with E-state index in [1.165, 1.54) is 96.0 Å². The van der Waals surface area contributed by atoms with Gasteiger partial charge in [0.1, 0.15) is 0 Å². The molecule has 160 valence electrons. The van der Waals surface area contributed by atoms with Gasteiger partial charge in [-0.15, -0.1) is 0 Å². The first-order valence-electron chi connectivity index (χ1n) is 11.3. The summed E-state index contributed by atoms with van der Waals surface area (Å²) in [5.74, 6) is -0.148. The molecule has 0 atom stereocenters. The van der Waals surface area contributed by atoms with Crippen LogP contribution in [0.1, 0.15) is 117 Å². The molecule has 0 spiro atoms. The number of carbonyl (C=O) groups excluding carboxylic acids is 1. The molecule has 0 heterocycles. The maximum Gasteiger partial charge on any atom is 0.310 e. The summed E-state index contributed by atoms with van der Waals surface area (Å²) in [7, 11) is 0. The van der Waals surface area contributed by atoms with Crippen LogP contribution in [0.3, 0.4) is 0 Å². The number of hydrogen-bond donors (Lipinski definition) is 0. The summed E-state index contributed by atoms with van der Waals surface area (Å²) in [5.41, 5.74) is 0. The Bertz CT molecular complexity index is 313. The minimum Gasteiger partial charge on any atom is -0.502 e. The van der Waals surface area contributed by atoms with Gasteiger partial charge in [-0.3, -0.25) is 4.79 Å². The van der Waals surface area contributed by atoms with Gasteiger partial charge in [-0.05, 0) is 13.3 Å². The Labute approximate surface area is 169 Å². The highest BCUT2D eigenvalue weighted by Crippen LogP contribution is 2.13. The summed E-state index contributed by atoms with van der Waals surface area (Å²) >= 11 is 0. The van der Waals surface area contributed by atoms with Gasteiger partial charge in [0, 0.05) is 6.42 Å². The van der Waals surface area contributed by atoms with Gasteiger partial charge < -0.3 is 9.47 Å². The number of ether oxygens (including phenoxy) is 2. The van der Waals surface area contributed by atoms with E-state index in [4.69, 9.17) is 0 Å². The van der Waals surface area contributed by atoms with Crippen molar-refractivity contribution in [1.29, 1.82) is 0 Å². The largest absolute Gasteiger partial charge is 0.502 e. The Kier molecular flexibility index (Phi) is 27.9. The topological polar surface area (TPSA) is 35.5 Å². The molecule has 0 amide bonds. The second-order valence-corrected chi connectivity index (χ2v) is 6.98. The molecule has 0 aliphatic heterocycles. The molecular formula is C24H46O3. The van der Waals surface area contributed by atoms with Gasteiger partial charge in [0.25, 0.3) is 0 Å². The monoisotopic (exact) mass is 382 g/mol. The van der Waals surface area contributed by atoms with Crippen molar-refractivity contribution in [2.75, 3.05) is 6.61 Å². The van der Waals surface area contributed by atoms with Crippen LogP contribution in [0.2, 0.25) is 0 Å². The smallest absolute Gasteiger partial charge is 0.310 e. The van der Waals surface area contributed by atoms with E-state index in [-0.39, 0.29) is 5.97 Å². The normalized spacial score (nSPS) is 9.85. The maximum absolute atomic E-state index is 11.1. The van der Waals surface area contributed by atoms with Gasteiger partial charge in [0.15, 0.2) is 0 Å². The zero-order valence-electron chi connectivity index (χ0n) is 18.3. The molecule has 0 fully saturated rings. The molecular weight excluding hydrogens is 336 g/mol. The van der Waals surface area contributed by atoms with Crippen LogP contribution in [0.25, 0.3) is 0 Å². The third-order valence-corrected chi connectivity index (χ3v) is 4.48. The zero-order valence-corrected chi connectivity index (χ0v) is 18.3. The van der Waals surface area contributed by atoms with Crippen LogP contribution in [0.4, 0.5) is 0 Å². The summed E-state index contributed by atoms with van der Waals surface area (Å²) in [4.78, 5) is 11.1. The molecule has 0 saturated carbocycles. The third kappa shape index (κ3) is 29.8. The zero-order chi connectivity index (χ0) is 20.4. The summed E-state index contributed by atoms with van der Waals surface area (Å²) in [6.07, 6.45) is 23.3. The lowest BCUT2D eigenvalue weighted by atomic mass is 10.0. The second kappa shape index (κ2) is 27.0. The van der Waals surface area contributed by atoms with Crippen LogP contribution < -0.4 is 0 Å². The number of rotatable bonds is 19. The molecule has 0 aromatic heterocycles. The number of hydrogen-bond acceptors (Lipinski definition) is 3. The summed E-state index contributed by atoms with van der Waals surface area (Å²) in [5, 5.41) is 0. The highest BCUT2D eigenvalue weighted by atomic mass is 16.5. The first kappa shape index (κ1) is 28.0. The number of esters is 1. The van der Waals surface area contributed by atoms with Crippen molar-refractivity contribution in [2.24, 2.45) is 0 Å². The molecule has 0 N–H and O–H groups in total. The van der Waals surface area contributed by atoms with Gasteiger partial charge in [-0.2, -0.15) is 0 Å². The van der Waals surface area contributed by atoms with Gasteiger partial charge in [-0.25, -0.2) is 0 Å². The fourth-order valence-electron chi connectivity index (χ4n) is 2.91. The van der Waals surface area contributed by atoms with E-state index in [1.807, 2.05) is 6.92 Å². The van der Waals surface area contributed by atoms with Crippen molar-refractivity contribution in [3.8, 4) is 0 Å². The molecule has 3 heteroatoms. The van der Waals surface area contributed by atoms with Crippen molar-refractivity contribution in [3.63, 3.8) is 0 Å². The Morgan fingerprint density at radius 3 is 1.37 bits per heavy atom. The standard InChI is InChI=1S/C20H38O2.C4H8O/c1-3-5-6-7-8-9-10-11-12-13-14-15-16-17-18-19-20(21)22-4-2;1-3-5-4-2/h4H,2-3,5-19H2,1H3;3H,1,4H2,2H3. The van der Waals surface area contributed by atoms with E-state index in [1.54, 1.807) is 0 Å². The first-order valence-corrected chi connectivity index (χ1v) is 11.3. The van der Waals surface area contributed by atoms with Crippen molar-refractivity contribution >= 4 is 5.97 Å². The molecule has 0 aromatic rings. The first-order chi connectivity index (χ1) is 13.2. The van der Waals surface area contributed by atoms with Crippen LogP contribution in [0.15, 0.2) is 25.7 Å². The second-order valence-electron chi connectivity index (χ2n) is 6.98. The van der Waals surface area contributed by atoms with Crippen molar-refractivity contribution < 1.29 is 14.3 Å². The Morgan fingerprint density at radius 2 is 1.07 bits per heavy atom. The summed E-state index contributed by atoms with van der Waals surface area (Å²) < 4.78 is 9.28. The van der Waals surface area contributed by atoms with E-state index >= 15 is 0 Å². The molecule has 3 nitrogen and oxygen atoms in total. The van der Waals surface area contributed by atoms with Crippen LogP contribution in [-0.4, -0.2) is 12.6 Å². The molecule has 0 unspecified atom stereocenters. The molecule has 0 rings (SSSR count). The average Bonchev–Trinajstić information content (AvgIpc) is 2.66. The van der Waals surface area contributed by atoms with E-state index in [0.29, 0.717) is 6.42 Å². The summed E-state index contributed by atoms with van der Waals surface area (Å²) in [6, 6.07) is 0. The van der Waals surface area contributed by atoms with Crippen molar-refractivity contribution in [2.45, 2.75) is 117 Å². The maximum atomic E-state index is 11.1. The predicted octanol–water partition coefficient (Wildman–Crippen LogP) is 8.10. The Balaban J connectivity index is 0. The fraction of sp³-hybridized carbons (Fsp3) is 0.792. The van der Waals surface area contributed by atoms with E-state index < -0.39 is 0 Å². The lowest BCUT2D eigenvalue weighted by Gasteiger charge is -2.03. The van der Waals surface area contributed by atoms with E-state index in [9.17, 15) is 4.79 Å². The fourth-order valence-corrected chi connectivity index (χ4v) is 2.91. The highest BCUT2D eigenvalue weighted by molar-refractivity contribution is 5.69. The summed E-state index contributed by atoms with van der Waals surface area (Å²) in [6.45, 7) is 11.6. The van der Waals surface area contributed by atoms with Crippen LogP contribution in [0, 0.1) is 0 Å². The number of unbranched alkanes of at least 4 members (excludes halogenated alkanes) is 14. The lowest BCUT2D eigenvalue weighted by molar-refractivity contribution is -0.138. The van der Waals surface area contributed by atoms with E-state index in [2.05, 4.69) is 29.6 Å². The minimum atomic E-state index is -0.148. The molecule has 0 radical (unpaired) electrons. The Morgan fingerprint density at radius 1 is 0.667 bits per heavy atom. The molecule has 0 aliphatic carbocycles. The van der Waals surface area contributed by atoms with Gasteiger partial charge in [-0.1, -0.05) is 110 Å². The number of carbonyl (C=O) groups is 1. The van der Waals surface area contributed by atoms with Crippen LogP contribution >= 0.6 is 0 Å². The Hall–Kier alpha value is -1.25. The highest BCUT2D eigenvalue weighted by Gasteiger charge is 2.00. The van der Waals surface area contributed by atoms with Gasteiger partial charge in [0.2, 0.25) is 0 Å². The predicted molar refractivity (Wildman–Crippen MR) is 118 cm³/mol. The minimum absolute atomic E-state index is 0.148. The van der Waals surface area contributed by atoms with Crippen LogP contribution in [0.5, 0.6) is 0 Å². The average molecular weight is 383 g/mol. The lowest BCUT2D eigenvalue weighted by Crippen LogP contribution is -1.98.